The van der Waals surface area contributed by atoms with Crippen molar-refractivity contribution in [2.45, 2.75) is 31.8 Å². The number of nitrogens with zero attached hydrogens (tertiary/aromatic N) is 5. The molecule has 4 aliphatic heterocycles. The Morgan fingerprint density at radius 1 is 1.06 bits per heavy atom. The highest BCUT2D eigenvalue weighted by atomic mass is 19.4. The van der Waals surface area contributed by atoms with Crippen LogP contribution in [0, 0.1) is 6.92 Å². The molecule has 4 saturated heterocycles. The Morgan fingerprint density at radius 2 is 1.75 bits per heavy atom. The second kappa shape index (κ2) is 8.57. The smallest absolute Gasteiger partial charge is 0.406 e. The van der Waals surface area contributed by atoms with E-state index in [2.05, 4.69) is 19.4 Å². The number of morpholine rings is 1. The summed E-state index contributed by atoms with van der Waals surface area (Å²) in [5.74, 6) is 0.681. The molecule has 4 aliphatic rings. The molecule has 0 amide bonds. The van der Waals surface area contributed by atoms with E-state index < -0.39 is 6.36 Å². The van der Waals surface area contributed by atoms with Crippen molar-refractivity contribution in [2.75, 3.05) is 57.4 Å². The Balaban J connectivity index is 1.20. The third-order valence-electron chi connectivity index (χ3n) is 6.64. The quantitative estimate of drug-likeness (QED) is 0.673. The van der Waals surface area contributed by atoms with Gasteiger partial charge in [-0.05, 0) is 37.6 Å². The van der Waals surface area contributed by atoms with Crippen LogP contribution >= 0.6 is 0 Å². The molecular formula is C22H28F3N5O2. The average molecular weight is 451 g/mol. The first-order valence-electron chi connectivity index (χ1n) is 11.1. The van der Waals surface area contributed by atoms with Gasteiger partial charge in [-0.15, -0.1) is 13.2 Å². The van der Waals surface area contributed by atoms with Crippen LogP contribution in [0.15, 0.2) is 30.3 Å². The predicted octanol–water partition coefficient (Wildman–Crippen LogP) is 2.67. The molecule has 4 fully saturated rings. The van der Waals surface area contributed by atoms with Crippen molar-refractivity contribution >= 4 is 5.82 Å². The molecule has 0 N–H and O–H groups in total. The van der Waals surface area contributed by atoms with E-state index in [9.17, 15) is 13.2 Å². The molecule has 32 heavy (non-hydrogen) atoms. The molecule has 10 heteroatoms. The van der Waals surface area contributed by atoms with Gasteiger partial charge in [0.15, 0.2) is 5.82 Å². The van der Waals surface area contributed by atoms with Gasteiger partial charge in [-0.25, -0.2) is 4.68 Å². The minimum Gasteiger partial charge on any atom is -0.406 e. The highest BCUT2D eigenvalue weighted by Gasteiger charge is 2.44. The molecule has 2 unspecified atom stereocenters. The number of ether oxygens (including phenoxy) is 2. The predicted molar refractivity (Wildman–Crippen MR) is 113 cm³/mol. The lowest BCUT2D eigenvalue weighted by atomic mass is 9.87. The number of fused-ring (bicyclic) bond motifs is 2. The Hall–Kier alpha value is -2.30. The summed E-state index contributed by atoms with van der Waals surface area (Å²) in [4.78, 5) is 7.43. The normalized spacial score (nSPS) is 24.4. The van der Waals surface area contributed by atoms with Crippen LogP contribution in [0.4, 0.5) is 19.0 Å². The largest absolute Gasteiger partial charge is 0.573 e. The zero-order valence-electron chi connectivity index (χ0n) is 18.1. The van der Waals surface area contributed by atoms with Gasteiger partial charge in [0, 0.05) is 63.1 Å². The lowest BCUT2D eigenvalue weighted by molar-refractivity contribution is -0.274. The number of benzene rings is 1. The van der Waals surface area contributed by atoms with Gasteiger partial charge in [-0.2, -0.15) is 5.10 Å². The number of aromatic nitrogens is 2. The van der Waals surface area contributed by atoms with E-state index in [0.717, 1.165) is 64.0 Å². The molecular weight excluding hydrogens is 423 g/mol. The van der Waals surface area contributed by atoms with Gasteiger partial charge < -0.3 is 14.4 Å². The molecule has 0 saturated carbocycles. The van der Waals surface area contributed by atoms with Crippen molar-refractivity contribution in [1.29, 1.82) is 0 Å². The maximum absolute atomic E-state index is 12.4. The minimum atomic E-state index is -4.69. The van der Waals surface area contributed by atoms with Crippen LogP contribution in [0.1, 0.15) is 12.1 Å². The maximum atomic E-state index is 12.4. The van der Waals surface area contributed by atoms with Crippen LogP contribution in [0.25, 0.3) is 5.69 Å². The highest BCUT2D eigenvalue weighted by molar-refractivity contribution is 5.46. The number of halogens is 3. The Labute approximate surface area is 185 Å². The molecule has 1 aromatic carbocycles. The molecule has 1 aromatic heterocycles. The van der Waals surface area contributed by atoms with E-state index >= 15 is 0 Å². The molecule has 0 aliphatic carbocycles. The third kappa shape index (κ3) is 4.57. The van der Waals surface area contributed by atoms with E-state index in [1.807, 2.05) is 13.0 Å². The number of anilines is 1. The Kier molecular flexibility index (Phi) is 5.77. The highest BCUT2D eigenvalue weighted by Crippen LogP contribution is 2.34. The first kappa shape index (κ1) is 21.5. The van der Waals surface area contributed by atoms with Crippen LogP contribution in [-0.4, -0.2) is 90.5 Å². The van der Waals surface area contributed by atoms with Crippen molar-refractivity contribution in [3.05, 3.63) is 36.0 Å². The summed E-state index contributed by atoms with van der Waals surface area (Å²) in [6.07, 6.45) is -3.46. The Bertz CT molecular complexity index is 915. The zero-order valence-corrected chi connectivity index (χ0v) is 18.1. The van der Waals surface area contributed by atoms with Crippen molar-refractivity contribution in [3.8, 4) is 11.4 Å². The van der Waals surface area contributed by atoms with Crippen molar-refractivity contribution in [2.24, 2.45) is 0 Å². The van der Waals surface area contributed by atoms with Crippen LogP contribution in [0.3, 0.4) is 0 Å². The molecule has 0 spiro atoms. The molecule has 6 rings (SSSR count). The topological polar surface area (TPSA) is 46.0 Å². The zero-order chi connectivity index (χ0) is 22.3. The van der Waals surface area contributed by atoms with Gasteiger partial charge in [0.05, 0.1) is 18.9 Å². The average Bonchev–Trinajstić information content (AvgIpc) is 3.16. The molecule has 174 valence electrons. The van der Waals surface area contributed by atoms with Crippen molar-refractivity contribution < 1.29 is 22.6 Å². The molecule has 2 atom stereocenters. The van der Waals surface area contributed by atoms with Gasteiger partial charge in [0.1, 0.15) is 5.75 Å². The van der Waals surface area contributed by atoms with Gasteiger partial charge in [0.25, 0.3) is 0 Å². The molecule has 2 aromatic rings. The number of rotatable bonds is 6. The molecule has 5 heterocycles. The minimum absolute atomic E-state index is 0.237. The number of alkyl halides is 3. The second-order valence-electron chi connectivity index (χ2n) is 8.74. The lowest BCUT2D eigenvalue weighted by Crippen LogP contribution is -2.69. The lowest BCUT2D eigenvalue weighted by Gasteiger charge is -2.57. The third-order valence-corrected chi connectivity index (χ3v) is 6.64. The molecule has 7 nitrogen and oxygen atoms in total. The van der Waals surface area contributed by atoms with E-state index in [0.29, 0.717) is 17.8 Å². The monoisotopic (exact) mass is 451 g/mol. The summed E-state index contributed by atoms with van der Waals surface area (Å²) < 4.78 is 48.3. The van der Waals surface area contributed by atoms with Gasteiger partial charge in [-0.3, -0.25) is 9.80 Å². The van der Waals surface area contributed by atoms with Gasteiger partial charge >= 0.3 is 6.36 Å². The first-order chi connectivity index (χ1) is 15.4. The van der Waals surface area contributed by atoms with Crippen molar-refractivity contribution in [1.82, 2.24) is 19.6 Å². The second-order valence-corrected chi connectivity index (χ2v) is 8.74. The summed E-state index contributed by atoms with van der Waals surface area (Å²) in [5.41, 5.74) is 1.64. The van der Waals surface area contributed by atoms with E-state index in [1.165, 1.54) is 18.6 Å². The summed E-state index contributed by atoms with van der Waals surface area (Å²) in [6, 6.07) is 8.96. The van der Waals surface area contributed by atoms with Crippen LogP contribution < -0.4 is 9.64 Å². The molecule has 2 bridgehead atoms. The fourth-order valence-electron chi connectivity index (χ4n) is 4.98. The number of piperidine rings is 1. The van der Waals surface area contributed by atoms with Crippen LogP contribution in [-0.2, 0) is 4.74 Å². The van der Waals surface area contributed by atoms with E-state index in [1.54, 1.807) is 16.8 Å². The van der Waals surface area contributed by atoms with E-state index in [4.69, 9.17) is 9.84 Å². The maximum Gasteiger partial charge on any atom is 0.573 e. The van der Waals surface area contributed by atoms with Crippen molar-refractivity contribution in [3.63, 3.8) is 0 Å². The van der Waals surface area contributed by atoms with Gasteiger partial charge in [-0.1, -0.05) is 0 Å². The summed E-state index contributed by atoms with van der Waals surface area (Å²) in [5, 5.41) is 4.75. The van der Waals surface area contributed by atoms with Crippen LogP contribution in [0.5, 0.6) is 5.75 Å². The fraction of sp³-hybridized carbons (Fsp3) is 0.591. The van der Waals surface area contributed by atoms with Gasteiger partial charge in [0.2, 0.25) is 0 Å². The number of hydrogen-bond donors (Lipinski definition) is 0. The van der Waals surface area contributed by atoms with E-state index in [-0.39, 0.29) is 5.75 Å². The number of piperazine rings is 1. The first-order valence-corrected chi connectivity index (χ1v) is 11.1. The summed E-state index contributed by atoms with van der Waals surface area (Å²) >= 11 is 0. The summed E-state index contributed by atoms with van der Waals surface area (Å²) in [7, 11) is 0. The summed E-state index contributed by atoms with van der Waals surface area (Å²) in [6.45, 7) is 9.77. The standard InChI is InChI=1S/C22H28F3N5O2/c1-16-12-21(26-30(16)17-2-4-20(5-3-17)32-22(23,24)25)28-14-18-13-19(15-28)29(18)7-6-27-8-10-31-11-9-27/h2-5,12,18-19H,6-11,13-15H2,1H3. The molecule has 0 radical (unpaired) electrons. The SMILES string of the molecule is Cc1cc(N2CC3CC(C2)N3CCN2CCOCC2)nn1-c1ccc(OC(F)(F)F)cc1. The Morgan fingerprint density at radius 3 is 2.41 bits per heavy atom. The van der Waals surface area contributed by atoms with Crippen LogP contribution in [0.2, 0.25) is 0 Å². The fourth-order valence-corrected chi connectivity index (χ4v) is 4.98. The number of hydrogen-bond acceptors (Lipinski definition) is 6. The number of aryl methyl sites for hydroxylation is 1.